The van der Waals surface area contributed by atoms with Gasteiger partial charge in [-0.05, 0) is 25.7 Å². The van der Waals surface area contributed by atoms with E-state index in [1.165, 1.54) is 0 Å². The molecule has 0 radical (unpaired) electrons. The van der Waals surface area contributed by atoms with E-state index in [1.54, 1.807) is 7.11 Å². The van der Waals surface area contributed by atoms with Crippen LogP contribution >= 0.6 is 0 Å². The van der Waals surface area contributed by atoms with Crippen molar-refractivity contribution in [2.24, 2.45) is 5.92 Å². The van der Waals surface area contributed by atoms with Gasteiger partial charge in [0.1, 0.15) is 17.7 Å². The third kappa shape index (κ3) is 7.16. The molecule has 0 saturated carbocycles. The van der Waals surface area contributed by atoms with Gasteiger partial charge in [0.25, 0.3) is 0 Å². The number of cyclic esters (lactones) is 1. The van der Waals surface area contributed by atoms with Crippen LogP contribution in [-0.4, -0.2) is 37.4 Å². The van der Waals surface area contributed by atoms with E-state index < -0.39 is 0 Å². The molecule has 0 aromatic carbocycles. The van der Waals surface area contributed by atoms with Crippen LogP contribution in [0, 0.1) is 5.92 Å². The lowest BCUT2D eigenvalue weighted by Gasteiger charge is -2.21. The third-order valence-corrected chi connectivity index (χ3v) is 4.07. The summed E-state index contributed by atoms with van der Waals surface area (Å²) in [5.41, 5.74) is 0. The number of carbonyl (C=O) groups excluding carboxylic acids is 3. The Morgan fingerprint density at radius 3 is 2.73 bits per heavy atom. The first-order chi connectivity index (χ1) is 10.6. The van der Waals surface area contributed by atoms with E-state index in [9.17, 15) is 14.4 Å². The maximum Gasteiger partial charge on any atom is 0.306 e. The molecule has 1 aliphatic rings. The average molecular weight is 312 g/mol. The van der Waals surface area contributed by atoms with E-state index in [0.717, 1.165) is 12.8 Å². The van der Waals surface area contributed by atoms with Crippen LogP contribution in [0.3, 0.4) is 0 Å². The highest BCUT2D eigenvalue weighted by molar-refractivity contribution is 5.88. The number of methoxy groups -OCH3 is 1. The Bertz CT molecular complexity index is 377. The summed E-state index contributed by atoms with van der Waals surface area (Å²) in [6.45, 7) is 2.43. The van der Waals surface area contributed by atoms with Gasteiger partial charge in [-0.25, -0.2) is 0 Å². The maximum atomic E-state index is 12.3. The molecule has 1 saturated heterocycles. The van der Waals surface area contributed by atoms with Crippen LogP contribution in [0.25, 0.3) is 0 Å². The highest BCUT2D eigenvalue weighted by Crippen LogP contribution is 2.22. The molecule has 126 valence electrons. The zero-order valence-electron chi connectivity index (χ0n) is 13.8. The number of rotatable bonds is 7. The number of hydrogen-bond donors (Lipinski definition) is 0. The van der Waals surface area contributed by atoms with Gasteiger partial charge < -0.3 is 9.47 Å². The monoisotopic (exact) mass is 312 g/mol. The smallest absolute Gasteiger partial charge is 0.306 e. The van der Waals surface area contributed by atoms with Gasteiger partial charge in [0, 0.05) is 38.7 Å². The van der Waals surface area contributed by atoms with Gasteiger partial charge in [-0.3, -0.25) is 14.4 Å². The average Bonchev–Trinajstić information content (AvgIpc) is 2.49. The summed E-state index contributed by atoms with van der Waals surface area (Å²) in [5, 5.41) is 0. The first-order valence-electron chi connectivity index (χ1n) is 8.29. The summed E-state index contributed by atoms with van der Waals surface area (Å²) in [7, 11) is 1.56. The minimum absolute atomic E-state index is 0.0601. The van der Waals surface area contributed by atoms with Crippen molar-refractivity contribution in [2.75, 3.05) is 13.7 Å². The number of carbonyl (C=O) groups is 3. The van der Waals surface area contributed by atoms with Crippen LogP contribution in [0.4, 0.5) is 0 Å². The quantitative estimate of drug-likeness (QED) is 0.676. The topological polar surface area (TPSA) is 69.7 Å². The van der Waals surface area contributed by atoms with Gasteiger partial charge in [0.05, 0.1) is 6.61 Å². The van der Waals surface area contributed by atoms with E-state index in [2.05, 4.69) is 0 Å². The van der Waals surface area contributed by atoms with Gasteiger partial charge in [-0.2, -0.15) is 0 Å². The highest BCUT2D eigenvalue weighted by atomic mass is 16.5. The second-order valence-corrected chi connectivity index (χ2v) is 5.98. The Hall–Kier alpha value is -1.23. The van der Waals surface area contributed by atoms with Gasteiger partial charge in [-0.15, -0.1) is 0 Å². The van der Waals surface area contributed by atoms with Crippen LogP contribution in [0.2, 0.25) is 0 Å². The molecule has 1 heterocycles. The molecular weight excluding hydrogens is 284 g/mol. The molecule has 0 spiro atoms. The molecule has 5 heteroatoms. The second kappa shape index (κ2) is 10.5. The summed E-state index contributed by atoms with van der Waals surface area (Å²) < 4.78 is 10.3. The fraction of sp³-hybridized carbons (Fsp3) is 0.824. The van der Waals surface area contributed by atoms with Crippen molar-refractivity contribution in [3.05, 3.63) is 0 Å². The van der Waals surface area contributed by atoms with Crippen LogP contribution < -0.4 is 0 Å². The van der Waals surface area contributed by atoms with Gasteiger partial charge >= 0.3 is 5.97 Å². The first-order valence-corrected chi connectivity index (χ1v) is 8.29. The molecule has 0 bridgehead atoms. The molecule has 0 aromatic heterocycles. The minimum Gasteiger partial charge on any atom is -0.462 e. The van der Waals surface area contributed by atoms with Crippen molar-refractivity contribution in [3.63, 3.8) is 0 Å². The highest BCUT2D eigenvalue weighted by Gasteiger charge is 2.25. The van der Waals surface area contributed by atoms with E-state index in [1.807, 2.05) is 6.92 Å². The Balaban J connectivity index is 2.60. The zero-order valence-corrected chi connectivity index (χ0v) is 13.8. The van der Waals surface area contributed by atoms with Crippen molar-refractivity contribution in [3.8, 4) is 0 Å². The van der Waals surface area contributed by atoms with E-state index in [0.29, 0.717) is 45.1 Å². The number of esters is 1. The lowest BCUT2D eigenvalue weighted by Crippen LogP contribution is -2.25. The predicted molar refractivity (Wildman–Crippen MR) is 82.5 cm³/mol. The molecule has 0 N–H and O–H groups in total. The van der Waals surface area contributed by atoms with Crippen molar-refractivity contribution in [1.29, 1.82) is 0 Å². The Labute approximate surface area is 132 Å². The molecule has 1 aliphatic heterocycles. The lowest BCUT2D eigenvalue weighted by molar-refractivity contribution is -0.151. The standard InChI is InChI=1S/C17H28O5/c1-3-5-15-8-9-16(19)13(6-4-7-17(20)22-15)12-14(18)10-11-21-2/h13,15H,3-12H2,1-2H3. The third-order valence-electron chi connectivity index (χ3n) is 4.07. The largest absolute Gasteiger partial charge is 0.462 e. The second-order valence-electron chi connectivity index (χ2n) is 5.98. The molecule has 5 nitrogen and oxygen atoms in total. The summed E-state index contributed by atoms with van der Waals surface area (Å²) in [5.74, 6) is -0.246. The molecule has 0 amide bonds. The number of Topliss-reactive ketones (excluding diaryl/α,β-unsaturated/α-hetero) is 2. The SMILES string of the molecule is CCCC1CCC(=O)C(CC(=O)CCOC)CCCC(=O)O1. The molecule has 1 fully saturated rings. The van der Waals surface area contributed by atoms with Crippen LogP contribution in [0.5, 0.6) is 0 Å². The Morgan fingerprint density at radius 2 is 2.05 bits per heavy atom. The summed E-state index contributed by atoms with van der Waals surface area (Å²) >= 11 is 0. The van der Waals surface area contributed by atoms with Crippen molar-refractivity contribution in [1.82, 2.24) is 0 Å². The fourth-order valence-electron chi connectivity index (χ4n) is 2.80. The number of ether oxygens (including phenoxy) is 2. The molecule has 22 heavy (non-hydrogen) atoms. The van der Waals surface area contributed by atoms with Gasteiger partial charge in [0.15, 0.2) is 0 Å². The summed E-state index contributed by atoms with van der Waals surface area (Å²) in [6.07, 6.45) is 4.65. The molecule has 0 aromatic rings. The number of hydrogen-bond acceptors (Lipinski definition) is 5. The summed E-state index contributed by atoms with van der Waals surface area (Å²) in [6, 6.07) is 0. The number of ketones is 2. The Kier molecular flexibility index (Phi) is 8.97. The Morgan fingerprint density at radius 1 is 1.27 bits per heavy atom. The van der Waals surface area contributed by atoms with Crippen LogP contribution in [0.15, 0.2) is 0 Å². The zero-order chi connectivity index (χ0) is 16.4. The van der Waals surface area contributed by atoms with Crippen molar-refractivity contribution < 1.29 is 23.9 Å². The maximum absolute atomic E-state index is 12.3. The van der Waals surface area contributed by atoms with Crippen LogP contribution in [0.1, 0.15) is 64.7 Å². The molecule has 0 aliphatic carbocycles. The lowest BCUT2D eigenvalue weighted by atomic mass is 9.88. The van der Waals surface area contributed by atoms with Crippen molar-refractivity contribution >= 4 is 17.5 Å². The van der Waals surface area contributed by atoms with Crippen molar-refractivity contribution in [2.45, 2.75) is 70.8 Å². The molecule has 2 atom stereocenters. The first kappa shape index (κ1) is 18.8. The fourth-order valence-corrected chi connectivity index (χ4v) is 2.80. The van der Waals surface area contributed by atoms with E-state index in [-0.39, 0.29) is 36.0 Å². The molecular formula is C17H28O5. The van der Waals surface area contributed by atoms with Crippen LogP contribution in [-0.2, 0) is 23.9 Å². The molecule has 1 rings (SSSR count). The normalized spacial score (nSPS) is 23.9. The minimum atomic E-state index is -0.252. The van der Waals surface area contributed by atoms with Gasteiger partial charge in [0.2, 0.25) is 0 Å². The van der Waals surface area contributed by atoms with E-state index >= 15 is 0 Å². The molecule has 2 unspecified atom stereocenters. The predicted octanol–water partition coefficient (Wildman–Crippen LogP) is 2.84. The van der Waals surface area contributed by atoms with Gasteiger partial charge in [-0.1, -0.05) is 13.3 Å². The van der Waals surface area contributed by atoms with E-state index in [4.69, 9.17) is 9.47 Å². The summed E-state index contributed by atoms with van der Waals surface area (Å²) in [4.78, 5) is 36.0.